The van der Waals surface area contributed by atoms with Crippen LogP contribution >= 0.6 is 22.9 Å². The van der Waals surface area contributed by atoms with Crippen molar-refractivity contribution in [2.75, 3.05) is 11.3 Å². The summed E-state index contributed by atoms with van der Waals surface area (Å²) in [5.74, 6) is -1.20. The first-order chi connectivity index (χ1) is 15.3. The Labute approximate surface area is 193 Å². The van der Waals surface area contributed by atoms with Gasteiger partial charge in [-0.25, -0.2) is 22.2 Å². The first kappa shape index (κ1) is 22.7. The summed E-state index contributed by atoms with van der Waals surface area (Å²) in [6.45, 7) is 0.199. The number of aromatic nitrogens is 1. The van der Waals surface area contributed by atoms with Crippen LogP contribution < -0.4 is 9.46 Å². The molecule has 1 atom stereocenters. The van der Waals surface area contributed by atoms with Crippen LogP contribution in [0.15, 0.2) is 58.3 Å². The van der Waals surface area contributed by atoms with Crippen LogP contribution in [0.4, 0.5) is 14.6 Å². The van der Waals surface area contributed by atoms with Crippen molar-refractivity contribution in [3.05, 3.63) is 75.6 Å². The van der Waals surface area contributed by atoms with Gasteiger partial charge in [-0.2, -0.15) is 0 Å². The highest BCUT2D eigenvalue weighted by atomic mass is 35.5. The molecule has 1 heterocycles. The lowest BCUT2D eigenvalue weighted by molar-refractivity contribution is 0.267. The van der Waals surface area contributed by atoms with E-state index < -0.39 is 20.7 Å². The molecule has 0 radical (unpaired) electrons. The van der Waals surface area contributed by atoms with Gasteiger partial charge in [0.25, 0.3) is 10.0 Å². The number of allylic oxidation sites excluding steroid dienone is 1. The molecule has 1 N–H and O–H groups in total. The SMILES string of the molecule is O=S(=O)(Nc1cscn1)c1cc(Cl)c(OCC2CCCC=C2c2cccc(F)c2)cc1F. The van der Waals surface area contributed by atoms with Gasteiger partial charge in [-0.05, 0) is 48.6 Å². The van der Waals surface area contributed by atoms with Crippen molar-refractivity contribution in [3.63, 3.8) is 0 Å². The molecule has 0 saturated heterocycles. The number of hydrogen-bond donors (Lipinski definition) is 1. The Morgan fingerprint density at radius 2 is 2.09 bits per heavy atom. The van der Waals surface area contributed by atoms with Gasteiger partial charge < -0.3 is 4.74 Å². The molecule has 1 aromatic heterocycles. The number of benzene rings is 2. The lowest BCUT2D eigenvalue weighted by atomic mass is 9.84. The number of nitrogens with zero attached hydrogens (tertiary/aromatic N) is 1. The van der Waals surface area contributed by atoms with E-state index in [0.717, 1.165) is 42.5 Å². The van der Waals surface area contributed by atoms with E-state index in [9.17, 15) is 17.2 Å². The molecular weight excluding hydrogens is 478 g/mol. The summed E-state index contributed by atoms with van der Waals surface area (Å²) >= 11 is 7.42. The maximum absolute atomic E-state index is 14.7. The van der Waals surface area contributed by atoms with Crippen molar-refractivity contribution in [2.45, 2.75) is 24.2 Å². The topological polar surface area (TPSA) is 68.3 Å². The maximum Gasteiger partial charge on any atom is 0.266 e. The van der Waals surface area contributed by atoms with Crippen LogP contribution in [-0.4, -0.2) is 20.0 Å². The molecule has 3 aromatic rings. The Kier molecular flexibility index (Phi) is 6.78. The second-order valence-corrected chi connectivity index (χ2v) is 10.1. The highest BCUT2D eigenvalue weighted by molar-refractivity contribution is 7.92. The van der Waals surface area contributed by atoms with E-state index in [0.29, 0.717) is 0 Å². The molecule has 4 rings (SSSR count). The summed E-state index contributed by atoms with van der Waals surface area (Å²) in [4.78, 5) is 3.24. The minimum Gasteiger partial charge on any atom is -0.491 e. The Balaban J connectivity index is 1.52. The zero-order valence-corrected chi connectivity index (χ0v) is 19.1. The number of rotatable bonds is 7. The fourth-order valence-corrected chi connectivity index (χ4v) is 5.54. The molecule has 5 nitrogen and oxygen atoms in total. The van der Waals surface area contributed by atoms with Crippen LogP contribution in [-0.2, 0) is 10.0 Å². The smallest absolute Gasteiger partial charge is 0.266 e. The molecule has 0 fully saturated rings. The van der Waals surface area contributed by atoms with Crippen LogP contribution in [0.1, 0.15) is 24.8 Å². The van der Waals surface area contributed by atoms with Gasteiger partial charge in [0, 0.05) is 17.4 Å². The lowest BCUT2D eigenvalue weighted by Gasteiger charge is -2.25. The Morgan fingerprint density at radius 3 is 2.84 bits per heavy atom. The van der Waals surface area contributed by atoms with Crippen LogP contribution in [0.3, 0.4) is 0 Å². The van der Waals surface area contributed by atoms with E-state index in [4.69, 9.17) is 16.3 Å². The number of ether oxygens (including phenoxy) is 1. The third kappa shape index (κ3) is 5.11. The molecular formula is C22H19ClF2N2O3S2. The number of hydrogen-bond acceptors (Lipinski definition) is 5. The molecule has 32 heavy (non-hydrogen) atoms. The van der Waals surface area contributed by atoms with Gasteiger partial charge in [0.1, 0.15) is 22.3 Å². The van der Waals surface area contributed by atoms with Crippen molar-refractivity contribution in [3.8, 4) is 5.75 Å². The average molecular weight is 497 g/mol. The Hall–Kier alpha value is -2.49. The van der Waals surface area contributed by atoms with E-state index >= 15 is 0 Å². The normalized spacial score (nSPS) is 16.5. The summed E-state index contributed by atoms with van der Waals surface area (Å²) in [6, 6.07) is 8.35. The highest BCUT2D eigenvalue weighted by Crippen LogP contribution is 2.35. The van der Waals surface area contributed by atoms with Crippen molar-refractivity contribution in [2.24, 2.45) is 5.92 Å². The van der Waals surface area contributed by atoms with Crippen LogP contribution in [0.2, 0.25) is 5.02 Å². The summed E-state index contributed by atoms with van der Waals surface area (Å²) < 4.78 is 61.3. The van der Waals surface area contributed by atoms with Gasteiger partial charge in [0.2, 0.25) is 0 Å². The van der Waals surface area contributed by atoms with Gasteiger partial charge in [-0.3, -0.25) is 4.72 Å². The fourth-order valence-electron chi connectivity index (χ4n) is 3.61. The molecule has 0 amide bonds. The third-order valence-corrected chi connectivity index (χ3v) is 7.36. The Bertz CT molecular complexity index is 1250. The second kappa shape index (κ2) is 9.56. The molecule has 0 saturated carbocycles. The van der Waals surface area contributed by atoms with E-state index in [-0.39, 0.29) is 34.9 Å². The molecule has 0 aliphatic heterocycles. The zero-order chi connectivity index (χ0) is 22.7. The molecule has 1 aliphatic rings. The van der Waals surface area contributed by atoms with Crippen molar-refractivity contribution < 1.29 is 21.9 Å². The van der Waals surface area contributed by atoms with E-state index in [1.807, 2.05) is 6.07 Å². The predicted molar refractivity (Wildman–Crippen MR) is 122 cm³/mol. The molecule has 1 unspecified atom stereocenters. The molecule has 0 bridgehead atoms. The van der Waals surface area contributed by atoms with Gasteiger partial charge in [-0.1, -0.05) is 29.8 Å². The number of thiazole rings is 1. The standard InChI is InChI=1S/C22H19ClF2N2O3S2/c23-18-9-21(32(28,29)27-22-12-31-13-26-22)19(25)10-20(18)30-11-15-4-1-2-7-17(15)14-5-3-6-16(24)8-14/h3,5-10,12-13,15,27H,1-2,4,11H2. The molecule has 10 heteroatoms. The van der Waals surface area contributed by atoms with E-state index in [1.54, 1.807) is 6.07 Å². The minimum absolute atomic E-state index is 0.0283. The number of halogens is 3. The number of nitrogens with one attached hydrogen (secondary N) is 1. The fraction of sp³-hybridized carbons (Fsp3) is 0.227. The molecule has 1 aliphatic carbocycles. The summed E-state index contributed by atoms with van der Waals surface area (Å²) in [5.41, 5.74) is 3.21. The first-order valence-corrected chi connectivity index (χ1v) is 12.6. The van der Waals surface area contributed by atoms with E-state index in [2.05, 4.69) is 15.8 Å². The largest absolute Gasteiger partial charge is 0.491 e. The number of sulfonamides is 1. The number of anilines is 1. The summed E-state index contributed by atoms with van der Waals surface area (Å²) in [7, 11) is -4.20. The van der Waals surface area contributed by atoms with Crippen LogP contribution in [0, 0.1) is 17.6 Å². The van der Waals surface area contributed by atoms with Gasteiger partial charge >= 0.3 is 0 Å². The van der Waals surface area contributed by atoms with Crippen molar-refractivity contribution in [1.82, 2.24) is 4.98 Å². The van der Waals surface area contributed by atoms with Gasteiger partial charge in [0.05, 0.1) is 17.1 Å². The van der Waals surface area contributed by atoms with Crippen LogP contribution in [0.25, 0.3) is 5.57 Å². The third-order valence-electron chi connectivity index (χ3n) is 5.11. The van der Waals surface area contributed by atoms with Crippen LogP contribution in [0.5, 0.6) is 5.75 Å². The monoisotopic (exact) mass is 496 g/mol. The Morgan fingerprint density at radius 1 is 1.25 bits per heavy atom. The molecule has 168 valence electrons. The second-order valence-electron chi connectivity index (χ2n) is 7.30. The quantitative estimate of drug-likeness (QED) is 0.426. The van der Waals surface area contributed by atoms with Gasteiger partial charge in [-0.15, -0.1) is 11.3 Å². The van der Waals surface area contributed by atoms with Crippen molar-refractivity contribution >= 4 is 44.4 Å². The predicted octanol–water partition coefficient (Wildman–Crippen LogP) is 6.14. The first-order valence-electron chi connectivity index (χ1n) is 9.82. The van der Waals surface area contributed by atoms with E-state index in [1.165, 1.54) is 34.4 Å². The zero-order valence-electron chi connectivity index (χ0n) is 16.7. The summed E-state index contributed by atoms with van der Waals surface area (Å²) in [6.07, 6.45) is 4.73. The average Bonchev–Trinajstić information content (AvgIpc) is 3.26. The summed E-state index contributed by atoms with van der Waals surface area (Å²) in [5, 5.41) is 1.46. The minimum atomic E-state index is -4.20. The maximum atomic E-state index is 14.7. The highest BCUT2D eigenvalue weighted by Gasteiger charge is 2.24. The van der Waals surface area contributed by atoms with Gasteiger partial charge in [0.15, 0.2) is 5.82 Å². The lowest BCUT2D eigenvalue weighted by Crippen LogP contribution is -2.18. The van der Waals surface area contributed by atoms with Crippen molar-refractivity contribution in [1.29, 1.82) is 0 Å². The molecule has 2 aromatic carbocycles. The molecule has 0 spiro atoms.